The van der Waals surface area contributed by atoms with Gasteiger partial charge in [-0.25, -0.2) is 0 Å². The molecule has 2 atom stereocenters. The summed E-state index contributed by atoms with van der Waals surface area (Å²) in [6.07, 6.45) is 29.5. The molecule has 0 spiro atoms. The highest BCUT2D eigenvalue weighted by atomic mass is 31.1. The van der Waals surface area contributed by atoms with Crippen LogP contribution in [0.4, 0.5) is 0 Å². The van der Waals surface area contributed by atoms with Gasteiger partial charge in [-0.15, -0.1) is 0 Å². The van der Waals surface area contributed by atoms with Crippen LogP contribution in [0.1, 0.15) is 144 Å². The SMILES string of the molecule is CC(C)(C)P(CC1CCCCC1CP(C12CC3CC(CC(C3)C1)C2)C12CC3CC(CC(C3)C1)C2)C(C)(C)C. The normalized spacial score (nSPS) is 48.7. The van der Waals surface area contributed by atoms with Crippen LogP contribution in [0.5, 0.6) is 0 Å². The fourth-order valence-electron chi connectivity index (χ4n) is 13.5. The second kappa shape index (κ2) is 9.69. The number of hydrogen-bond acceptors (Lipinski definition) is 0. The van der Waals surface area contributed by atoms with Gasteiger partial charge in [-0.1, -0.05) is 70.2 Å². The first-order valence-corrected chi connectivity index (χ1v) is 20.5. The van der Waals surface area contributed by atoms with Gasteiger partial charge < -0.3 is 0 Å². The summed E-state index contributed by atoms with van der Waals surface area (Å²) in [5.41, 5.74) is 0. The summed E-state index contributed by atoms with van der Waals surface area (Å²) >= 11 is 0. The molecule has 9 saturated carbocycles. The maximum atomic E-state index is 2.58. The molecule has 0 heterocycles. The van der Waals surface area contributed by atoms with Crippen LogP contribution in [-0.4, -0.2) is 32.9 Å². The minimum Gasteiger partial charge on any atom is -0.0954 e. The predicted molar refractivity (Wildman–Crippen MR) is 170 cm³/mol. The van der Waals surface area contributed by atoms with E-state index in [1.807, 2.05) is 0 Å². The van der Waals surface area contributed by atoms with Crippen LogP contribution < -0.4 is 0 Å². The van der Waals surface area contributed by atoms with Gasteiger partial charge in [-0.05, 0) is 170 Å². The monoisotopic (exact) mass is 556 g/mol. The Kier molecular flexibility index (Phi) is 7.06. The Balaban J connectivity index is 1.21. The Hall–Kier alpha value is 0.860. The Morgan fingerprint density at radius 3 is 1.13 bits per heavy atom. The van der Waals surface area contributed by atoms with Crippen LogP contribution in [0.2, 0.25) is 0 Å². The molecule has 0 radical (unpaired) electrons. The molecule has 38 heavy (non-hydrogen) atoms. The highest BCUT2D eigenvalue weighted by molar-refractivity contribution is 7.61. The minimum atomic E-state index is 0.0359. The highest BCUT2D eigenvalue weighted by Crippen LogP contribution is 2.79. The van der Waals surface area contributed by atoms with Crippen LogP contribution in [-0.2, 0) is 0 Å². The zero-order valence-electron chi connectivity index (χ0n) is 26.2. The summed E-state index contributed by atoms with van der Waals surface area (Å²) < 4.78 is 0. The zero-order chi connectivity index (χ0) is 26.5. The molecule has 9 aliphatic carbocycles. The molecule has 9 aliphatic rings. The number of hydrogen-bond donors (Lipinski definition) is 0. The fourth-order valence-corrected chi connectivity index (χ4v) is 23.1. The molecule has 0 aliphatic heterocycles. The molecule has 2 unspecified atom stereocenters. The number of rotatable bonds is 6. The third-order valence-electron chi connectivity index (χ3n) is 13.7. The van der Waals surface area contributed by atoms with Crippen molar-refractivity contribution in [2.45, 2.75) is 165 Å². The zero-order valence-corrected chi connectivity index (χ0v) is 28.0. The van der Waals surface area contributed by atoms with Crippen molar-refractivity contribution in [3.8, 4) is 0 Å². The Bertz CT molecular complexity index is 744. The first-order valence-electron chi connectivity index (χ1n) is 17.5. The van der Waals surface area contributed by atoms with E-state index in [1.165, 1.54) is 6.42 Å². The molecule has 216 valence electrons. The molecule has 0 aromatic heterocycles. The second-order valence-corrected chi connectivity index (χ2v) is 25.7. The van der Waals surface area contributed by atoms with Crippen molar-refractivity contribution >= 4 is 15.8 Å². The Labute approximate surface area is 239 Å². The van der Waals surface area contributed by atoms with E-state index in [0.717, 1.165) is 57.7 Å². The van der Waals surface area contributed by atoms with Crippen molar-refractivity contribution in [1.82, 2.24) is 0 Å². The molecule has 0 aromatic rings. The van der Waals surface area contributed by atoms with Crippen molar-refractivity contribution in [1.29, 1.82) is 0 Å². The lowest BCUT2D eigenvalue weighted by Gasteiger charge is -2.68. The molecule has 9 rings (SSSR count). The van der Waals surface area contributed by atoms with Crippen molar-refractivity contribution in [3.05, 3.63) is 0 Å². The van der Waals surface area contributed by atoms with E-state index in [0.29, 0.717) is 10.3 Å². The third-order valence-corrected chi connectivity index (χ3v) is 22.0. The average Bonchev–Trinajstić information content (AvgIpc) is 2.78. The van der Waals surface area contributed by atoms with Gasteiger partial charge in [0, 0.05) is 0 Å². The van der Waals surface area contributed by atoms with E-state index in [-0.39, 0.29) is 15.8 Å². The van der Waals surface area contributed by atoms with Gasteiger partial charge in [0.25, 0.3) is 0 Å². The predicted octanol–water partition coefficient (Wildman–Crippen LogP) is 11.3. The van der Waals surface area contributed by atoms with Gasteiger partial charge in [0.1, 0.15) is 0 Å². The molecule has 0 N–H and O–H groups in total. The lowest BCUT2D eigenvalue weighted by molar-refractivity contribution is 0.0180. The Morgan fingerprint density at radius 1 is 0.500 bits per heavy atom. The van der Waals surface area contributed by atoms with E-state index >= 15 is 0 Å². The summed E-state index contributed by atoms with van der Waals surface area (Å²) in [5.74, 6) is 8.93. The molecular weight excluding hydrogens is 494 g/mol. The summed E-state index contributed by atoms with van der Waals surface area (Å²) in [4.78, 5) is 0. The van der Waals surface area contributed by atoms with Crippen LogP contribution in [0.3, 0.4) is 0 Å². The fraction of sp³-hybridized carbons (Fsp3) is 1.00. The molecule has 0 nitrogen and oxygen atoms in total. The van der Waals surface area contributed by atoms with Crippen molar-refractivity contribution in [2.75, 3.05) is 12.3 Å². The topological polar surface area (TPSA) is 0 Å². The lowest BCUT2D eigenvalue weighted by atomic mass is 9.55. The summed E-state index contributed by atoms with van der Waals surface area (Å²) in [5, 5.41) is 2.63. The molecule has 0 aromatic carbocycles. The van der Waals surface area contributed by atoms with Crippen LogP contribution in [0.15, 0.2) is 0 Å². The van der Waals surface area contributed by atoms with Crippen LogP contribution >= 0.6 is 15.8 Å². The van der Waals surface area contributed by atoms with Crippen molar-refractivity contribution in [2.24, 2.45) is 47.3 Å². The smallest absolute Gasteiger partial charge is 0.00814 e. The van der Waals surface area contributed by atoms with Gasteiger partial charge in [0.15, 0.2) is 0 Å². The summed E-state index contributed by atoms with van der Waals surface area (Å²) in [6, 6.07) is 0. The minimum absolute atomic E-state index is 0.0359. The van der Waals surface area contributed by atoms with Crippen LogP contribution in [0.25, 0.3) is 0 Å². The van der Waals surface area contributed by atoms with E-state index in [4.69, 9.17) is 0 Å². The largest absolute Gasteiger partial charge is 0.0954 e. The van der Waals surface area contributed by atoms with E-state index in [1.54, 1.807) is 109 Å². The maximum absolute atomic E-state index is 2.58. The van der Waals surface area contributed by atoms with Gasteiger partial charge in [0.05, 0.1) is 0 Å². The molecular formula is C36H62P2. The maximum Gasteiger partial charge on any atom is -0.00814 e. The first-order chi connectivity index (χ1) is 17.9. The molecule has 0 saturated heterocycles. The first kappa shape index (κ1) is 27.7. The molecule has 0 amide bonds. The average molecular weight is 557 g/mol. The van der Waals surface area contributed by atoms with E-state index in [9.17, 15) is 0 Å². The summed E-state index contributed by atoms with van der Waals surface area (Å²) in [7, 11) is 0.204. The Morgan fingerprint density at radius 2 is 0.816 bits per heavy atom. The molecule has 9 fully saturated rings. The van der Waals surface area contributed by atoms with E-state index < -0.39 is 0 Å². The van der Waals surface area contributed by atoms with Crippen LogP contribution in [0, 0.1) is 47.3 Å². The molecule has 8 bridgehead atoms. The van der Waals surface area contributed by atoms with E-state index in [2.05, 4.69) is 41.5 Å². The van der Waals surface area contributed by atoms with Crippen molar-refractivity contribution in [3.63, 3.8) is 0 Å². The standard InChI is InChI=1S/C36H62P2/c1-33(2,3)37(34(4,5)6)23-31-9-7-8-10-32(31)24-38(35-17-25-11-26(18-35)13-27(12-25)19-35)36-20-28-14-29(21-36)16-30(15-28)22-36/h25-32H,7-24H2,1-6H3. The quantitative estimate of drug-likeness (QED) is 0.285. The van der Waals surface area contributed by atoms with Gasteiger partial charge in [0.2, 0.25) is 0 Å². The summed E-state index contributed by atoms with van der Waals surface area (Å²) in [6.45, 7) is 15.5. The van der Waals surface area contributed by atoms with Crippen molar-refractivity contribution < 1.29 is 0 Å². The van der Waals surface area contributed by atoms with Gasteiger partial charge in [-0.3, -0.25) is 0 Å². The molecule has 2 heteroatoms. The lowest BCUT2D eigenvalue weighted by Crippen LogP contribution is -2.57. The third kappa shape index (κ3) is 4.95. The second-order valence-electron chi connectivity index (χ2n) is 18.7. The highest BCUT2D eigenvalue weighted by Gasteiger charge is 2.62. The van der Waals surface area contributed by atoms with Gasteiger partial charge >= 0.3 is 0 Å². The van der Waals surface area contributed by atoms with Gasteiger partial charge in [-0.2, -0.15) is 0 Å².